The fraction of sp³-hybridized carbons (Fsp3) is 0.750. The van der Waals surface area contributed by atoms with E-state index >= 15 is 0 Å². The second kappa shape index (κ2) is 6.18. The number of hydrogen-bond donors (Lipinski definition) is 2. The van der Waals surface area contributed by atoms with Gasteiger partial charge in [-0.15, -0.1) is 0 Å². The highest BCUT2D eigenvalue weighted by Crippen LogP contribution is 2.27. The van der Waals surface area contributed by atoms with Crippen LogP contribution >= 0.6 is 0 Å². The van der Waals surface area contributed by atoms with Crippen molar-refractivity contribution in [3.63, 3.8) is 0 Å². The number of nitrogens with two attached hydrogens (primary N) is 1. The summed E-state index contributed by atoms with van der Waals surface area (Å²) in [6, 6.07) is 0.0292. The molecule has 1 saturated carbocycles. The van der Waals surface area contributed by atoms with Crippen molar-refractivity contribution in [1.29, 1.82) is 0 Å². The van der Waals surface area contributed by atoms with Gasteiger partial charge in [0.25, 0.3) is 0 Å². The van der Waals surface area contributed by atoms with Crippen LogP contribution in [0.5, 0.6) is 0 Å². The lowest BCUT2D eigenvalue weighted by molar-refractivity contribution is -0.129. The van der Waals surface area contributed by atoms with Crippen LogP contribution < -0.4 is 11.1 Å². The third-order valence-corrected chi connectivity index (χ3v) is 4.50. The molecule has 1 aliphatic carbocycles. The second-order valence-electron chi connectivity index (χ2n) is 7.37. The van der Waals surface area contributed by atoms with Crippen molar-refractivity contribution in [3.8, 4) is 0 Å². The van der Waals surface area contributed by atoms with E-state index in [9.17, 15) is 4.79 Å². The van der Waals surface area contributed by atoms with Crippen LogP contribution in [0.1, 0.15) is 52.9 Å². The van der Waals surface area contributed by atoms with Gasteiger partial charge >= 0.3 is 0 Å². The summed E-state index contributed by atoms with van der Waals surface area (Å²) in [6.45, 7) is 7.13. The van der Waals surface area contributed by atoms with Crippen LogP contribution in [0.15, 0.2) is 18.7 Å². The van der Waals surface area contributed by atoms with E-state index in [0.29, 0.717) is 6.54 Å². The normalized spacial score (nSPS) is 20.0. The van der Waals surface area contributed by atoms with Crippen molar-refractivity contribution >= 4 is 5.91 Å². The molecule has 0 aliphatic heterocycles. The van der Waals surface area contributed by atoms with Crippen LogP contribution in [0.2, 0.25) is 0 Å². The number of hydrogen-bond acceptors (Lipinski definition) is 3. The van der Waals surface area contributed by atoms with Crippen LogP contribution in [0.4, 0.5) is 0 Å². The monoisotopic (exact) mass is 292 g/mol. The van der Waals surface area contributed by atoms with E-state index in [0.717, 1.165) is 25.7 Å². The van der Waals surface area contributed by atoms with E-state index in [1.54, 1.807) is 12.5 Å². The van der Waals surface area contributed by atoms with Gasteiger partial charge in [-0.3, -0.25) is 4.79 Å². The van der Waals surface area contributed by atoms with E-state index in [4.69, 9.17) is 5.73 Å². The number of imidazole rings is 1. The second-order valence-corrected chi connectivity index (χ2v) is 7.37. The molecule has 0 saturated heterocycles. The lowest BCUT2D eigenvalue weighted by atomic mass is 9.80. The standard InChI is InChI=1S/C16H28N4O/c1-15(2,3)13(11-20-10-9-18-12-20)19-14(21)16(17)7-5-4-6-8-16/h9-10,12-13H,4-8,11,17H2,1-3H3,(H,19,21). The minimum Gasteiger partial charge on any atom is -0.349 e. The molecular formula is C16H28N4O. The Balaban J connectivity index is 2.06. The van der Waals surface area contributed by atoms with Gasteiger partial charge in [0.05, 0.1) is 17.9 Å². The minimum atomic E-state index is -0.684. The molecule has 3 N–H and O–H groups in total. The van der Waals surface area contributed by atoms with Crippen molar-refractivity contribution < 1.29 is 4.79 Å². The summed E-state index contributed by atoms with van der Waals surface area (Å²) < 4.78 is 2.00. The average molecular weight is 292 g/mol. The van der Waals surface area contributed by atoms with Gasteiger partial charge in [0.15, 0.2) is 0 Å². The van der Waals surface area contributed by atoms with Crippen molar-refractivity contribution in [2.45, 2.75) is 71.0 Å². The van der Waals surface area contributed by atoms with E-state index in [1.165, 1.54) is 6.42 Å². The van der Waals surface area contributed by atoms with Gasteiger partial charge in [-0.25, -0.2) is 4.98 Å². The number of rotatable bonds is 4. The highest BCUT2D eigenvalue weighted by Gasteiger charge is 2.38. The molecule has 1 fully saturated rings. The molecule has 1 aliphatic rings. The number of nitrogens with zero attached hydrogens (tertiary/aromatic N) is 2. The third-order valence-electron chi connectivity index (χ3n) is 4.50. The molecule has 5 heteroatoms. The Labute approximate surface area is 127 Å². The Kier molecular flexibility index (Phi) is 4.71. The molecule has 0 radical (unpaired) electrons. The van der Waals surface area contributed by atoms with E-state index in [1.807, 2.05) is 10.8 Å². The largest absolute Gasteiger partial charge is 0.349 e. The van der Waals surface area contributed by atoms with Crippen LogP contribution in [-0.4, -0.2) is 27.0 Å². The first kappa shape index (κ1) is 16.0. The zero-order valence-corrected chi connectivity index (χ0v) is 13.4. The van der Waals surface area contributed by atoms with Crippen molar-refractivity contribution in [2.75, 3.05) is 0 Å². The van der Waals surface area contributed by atoms with E-state index in [2.05, 4.69) is 31.1 Å². The highest BCUT2D eigenvalue weighted by atomic mass is 16.2. The molecule has 0 aromatic carbocycles. The maximum atomic E-state index is 12.6. The molecule has 21 heavy (non-hydrogen) atoms. The Morgan fingerprint density at radius 1 is 1.38 bits per heavy atom. The first-order valence-electron chi connectivity index (χ1n) is 7.87. The van der Waals surface area contributed by atoms with Gasteiger partial charge in [-0.05, 0) is 18.3 Å². The quantitative estimate of drug-likeness (QED) is 0.892. The Bertz CT molecular complexity index is 455. The van der Waals surface area contributed by atoms with Gasteiger partial charge < -0.3 is 15.6 Å². The van der Waals surface area contributed by atoms with Gasteiger partial charge in [0.1, 0.15) is 0 Å². The molecule has 1 unspecified atom stereocenters. The number of carbonyl (C=O) groups is 1. The Morgan fingerprint density at radius 2 is 2.05 bits per heavy atom. The molecule has 1 heterocycles. The number of nitrogens with one attached hydrogen (secondary N) is 1. The first-order chi connectivity index (χ1) is 9.81. The molecule has 5 nitrogen and oxygen atoms in total. The first-order valence-corrected chi connectivity index (χ1v) is 7.87. The molecule has 1 aromatic heterocycles. The summed E-state index contributed by atoms with van der Waals surface area (Å²) in [7, 11) is 0. The lowest BCUT2D eigenvalue weighted by Crippen LogP contribution is -2.59. The summed E-state index contributed by atoms with van der Waals surface area (Å²) in [5, 5.41) is 3.19. The number of carbonyl (C=O) groups excluding carboxylic acids is 1. The highest BCUT2D eigenvalue weighted by molar-refractivity contribution is 5.86. The maximum absolute atomic E-state index is 12.6. The summed E-state index contributed by atoms with van der Waals surface area (Å²) in [4.78, 5) is 16.7. The Hall–Kier alpha value is -1.36. The lowest BCUT2D eigenvalue weighted by Gasteiger charge is -2.37. The summed E-state index contributed by atoms with van der Waals surface area (Å²) in [6.07, 6.45) is 10.3. The van der Waals surface area contributed by atoms with E-state index < -0.39 is 5.54 Å². The molecule has 2 rings (SSSR count). The number of aromatic nitrogens is 2. The summed E-state index contributed by atoms with van der Waals surface area (Å²) in [5.74, 6) is 0.00207. The van der Waals surface area contributed by atoms with Crippen LogP contribution in [-0.2, 0) is 11.3 Å². The van der Waals surface area contributed by atoms with Crippen molar-refractivity contribution in [2.24, 2.45) is 11.1 Å². The van der Waals surface area contributed by atoms with Crippen LogP contribution in [0.3, 0.4) is 0 Å². The zero-order chi connectivity index (χ0) is 15.5. The summed E-state index contributed by atoms with van der Waals surface area (Å²) >= 11 is 0. The fourth-order valence-electron chi connectivity index (χ4n) is 2.85. The van der Waals surface area contributed by atoms with Crippen molar-refractivity contribution in [1.82, 2.24) is 14.9 Å². The Morgan fingerprint density at radius 3 is 2.57 bits per heavy atom. The fourth-order valence-corrected chi connectivity index (χ4v) is 2.85. The summed E-state index contributed by atoms with van der Waals surface area (Å²) in [5.41, 5.74) is 5.62. The number of amides is 1. The van der Waals surface area contributed by atoms with Gasteiger partial charge in [-0.2, -0.15) is 0 Å². The molecule has 1 amide bonds. The third kappa shape index (κ3) is 4.06. The van der Waals surface area contributed by atoms with Gasteiger partial charge in [-0.1, -0.05) is 40.0 Å². The SMILES string of the molecule is CC(C)(C)C(Cn1ccnc1)NC(=O)C1(N)CCCCC1. The topological polar surface area (TPSA) is 72.9 Å². The van der Waals surface area contributed by atoms with Gasteiger partial charge in [0, 0.05) is 18.9 Å². The van der Waals surface area contributed by atoms with Crippen LogP contribution in [0, 0.1) is 5.41 Å². The van der Waals surface area contributed by atoms with E-state index in [-0.39, 0.29) is 17.4 Å². The molecule has 1 aromatic rings. The molecule has 118 valence electrons. The van der Waals surface area contributed by atoms with Crippen LogP contribution in [0.25, 0.3) is 0 Å². The average Bonchev–Trinajstić information content (AvgIpc) is 2.90. The minimum absolute atomic E-state index is 0.00207. The predicted molar refractivity (Wildman–Crippen MR) is 83.6 cm³/mol. The molecular weight excluding hydrogens is 264 g/mol. The molecule has 0 bridgehead atoms. The van der Waals surface area contributed by atoms with Crippen molar-refractivity contribution in [3.05, 3.63) is 18.7 Å². The predicted octanol–water partition coefficient (Wildman–Crippen LogP) is 2.08. The smallest absolute Gasteiger partial charge is 0.240 e. The van der Waals surface area contributed by atoms with Gasteiger partial charge in [0.2, 0.25) is 5.91 Å². The molecule has 1 atom stereocenters. The maximum Gasteiger partial charge on any atom is 0.240 e. The zero-order valence-electron chi connectivity index (χ0n) is 13.4. The molecule has 0 spiro atoms.